The van der Waals surface area contributed by atoms with Crippen LogP contribution in [0.3, 0.4) is 0 Å². The highest BCUT2D eigenvalue weighted by atomic mass is 35.5. The predicted molar refractivity (Wildman–Crippen MR) is 72.0 cm³/mol. The van der Waals surface area contributed by atoms with Crippen LogP contribution >= 0.6 is 11.6 Å². The fourth-order valence-corrected chi connectivity index (χ4v) is 2.93. The van der Waals surface area contributed by atoms with Gasteiger partial charge >= 0.3 is 0 Å². The van der Waals surface area contributed by atoms with Gasteiger partial charge in [-0.05, 0) is 18.1 Å². The summed E-state index contributed by atoms with van der Waals surface area (Å²) in [6.07, 6.45) is 0.269. The second kappa shape index (κ2) is 5.10. The maximum atomic E-state index is 13.0. The molecule has 5 heteroatoms. The number of halogens is 2. The highest BCUT2D eigenvalue weighted by Gasteiger charge is 2.42. The van der Waals surface area contributed by atoms with E-state index in [1.165, 1.54) is 0 Å². The number of alkyl halides is 1. The van der Waals surface area contributed by atoms with Gasteiger partial charge in [0.15, 0.2) is 0 Å². The number of carbonyl (C=O) groups is 1. The number of carbonyl (C=O) groups excluding carboxylic acids is 1. The van der Waals surface area contributed by atoms with Crippen molar-refractivity contribution in [1.82, 2.24) is 10.6 Å². The van der Waals surface area contributed by atoms with E-state index >= 15 is 0 Å². The molecule has 0 aromatic heterocycles. The molecule has 1 amide bonds. The highest BCUT2D eigenvalue weighted by molar-refractivity contribution is 6.31. The normalized spacial score (nSPS) is 33.2. The molecule has 2 fully saturated rings. The van der Waals surface area contributed by atoms with Crippen molar-refractivity contribution in [2.75, 3.05) is 6.54 Å². The lowest BCUT2D eigenvalue weighted by atomic mass is 10.1. The summed E-state index contributed by atoms with van der Waals surface area (Å²) < 4.78 is 13.0. The fourth-order valence-electron chi connectivity index (χ4n) is 2.65. The van der Waals surface area contributed by atoms with Crippen LogP contribution in [0.4, 0.5) is 4.39 Å². The van der Waals surface area contributed by atoms with Crippen molar-refractivity contribution in [3.63, 3.8) is 0 Å². The molecule has 0 radical (unpaired) electrons. The summed E-state index contributed by atoms with van der Waals surface area (Å²) in [6, 6.07) is 7.44. The minimum Gasteiger partial charge on any atom is -0.351 e. The first kappa shape index (κ1) is 12.9. The third kappa shape index (κ3) is 2.74. The van der Waals surface area contributed by atoms with Crippen LogP contribution < -0.4 is 10.6 Å². The van der Waals surface area contributed by atoms with Crippen molar-refractivity contribution >= 4 is 17.5 Å². The number of nitrogens with one attached hydrogen (secondary N) is 2. The molecule has 1 aliphatic carbocycles. The Morgan fingerprint density at radius 1 is 1.37 bits per heavy atom. The zero-order valence-electron chi connectivity index (χ0n) is 10.4. The van der Waals surface area contributed by atoms with Gasteiger partial charge in [-0.3, -0.25) is 4.79 Å². The van der Waals surface area contributed by atoms with Gasteiger partial charge in [-0.25, -0.2) is 4.39 Å². The van der Waals surface area contributed by atoms with Crippen LogP contribution in [0.15, 0.2) is 24.3 Å². The van der Waals surface area contributed by atoms with Crippen LogP contribution in [-0.4, -0.2) is 30.7 Å². The van der Waals surface area contributed by atoms with Crippen molar-refractivity contribution in [2.45, 2.75) is 37.0 Å². The van der Waals surface area contributed by atoms with Gasteiger partial charge < -0.3 is 10.6 Å². The zero-order valence-corrected chi connectivity index (χ0v) is 11.2. The third-order valence-electron chi connectivity index (χ3n) is 3.82. The molecule has 3 nitrogen and oxygen atoms in total. The van der Waals surface area contributed by atoms with Gasteiger partial charge in [0.25, 0.3) is 0 Å². The molecule has 2 N–H and O–H groups in total. The van der Waals surface area contributed by atoms with E-state index < -0.39 is 6.17 Å². The highest BCUT2D eigenvalue weighted by Crippen LogP contribution is 2.43. The predicted octanol–water partition coefficient (Wildman–Crippen LogP) is 2.01. The first-order valence-electron chi connectivity index (χ1n) is 6.57. The van der Waals surface area contributed by atoms with Crippen LogP contribution in [0.1, 0.15) is 24.3 Å². The standard InChI is InChI=1S/C14H16ClFN2O/c15-11-4-2-1-3-9(11)10-6-12(10)18-14(19)13-5-8(16)7-17-13/h1-4,8,10,12-13,17H,5-7H2,(H,18,19)/t8?,10-,12+,13?/m1/s1. The van der Waals surface area contributed by atoms with Gasteiger partial charge in [0, 0.05) is 29.9 Å². The molecular formula is C14H16ClFN2O. The number of amides is 1. The Kier molecular flexibility index (Phi) is 3.46. The van der Waals surface area contributed by atoms with Crippen molar-refractivity contribution < 1.29 is 9.18 Å². The Bertz CT molecular complexity index is 496. The van der Waals surface area contributed by atoms with Gasteiger partial charge in [0.05, 0.1) is 6.04 Å². The molecule has 1 saturated carbocycles. The Balaban J connectivity index is 1.56. The van der Waals surface area contributed by atoms with E-state index in [-0.39, 0.29) is 31.0 Å². The van der Waals surface area contributed by atoms with Crippen molar-refractivity contribution in [3.05, 3.63) is 34.9 Å². The maximum Gasteiger partial charge on any atom is 0.237 e. The first-order chi connectivity index (χ1) is 9.15. The Morgan fingerprint density at radius 2 is 2.16 bits per heavy atom. The Labute approximate surface area is 116 Å². The monoisotopic (exact) mass is 282 g/mol. The number of hydrogen-bond donors (Lipinski definition) is 2. The van der Waals surface area contributed by atoms with E-state index in [1.807, 2.05) is 24.3 Å². The van der Waals surface area contributed by atoms with Gasteiger partial charge in [-0.2, -0.15) is 0 Å². The Morgan fingerprint density at radius 3 is 2.84 bits per heavy atom. The van der Waals surface area contributed by atoms with Crippen molar-refractivity contribution in [3.8, 4) is 0 Å². The minimum atomic E-state index is -0.908. The molecular weight excluding hydrogens is 267 g/mol. The first-order valence-corrected chi connectivity index (χ1v) is 6.95. The number of benzene rings is 1. The third-order valence-corrected chi connectivity index (χ3v) is 4.16. The molecule has 3 rings (SSSR count). The molecule has 1 aromatic carbocycles. The second-order valence-electron chi connectivity index (χ2n) is 5.27. The molecule has 1 aliphatic heterocycles. The van der Waals surface area contributed by atoms with Crippen LogP contribution in [0.2, 0.25) is 5.02 Å². The topological polar surface area (TPSA) is 41.1 Å². The van der Waals surface area contributed by atoms with E-state index in [1.54, 1.807) is 0 Å². The average Bonchev–Trinajstić information content (AvgIpc) is 2.99. The van der Waals surface area contributed by atoms with Gasteiger partial charge in [-0.15, -0.1) is 0 Å². The fraction of sp³-hybridized carbons (Fsp3) is 0.500. The van der Waals surface area contributed by atoms with Crippen LogP contribution in [0.25, 0.3) is 0 Å². The van der Waals surface area contributed by atoms with E-state index in [2.05, 4.69) is 10.6 Å². The molecule has 19 heavy (non-hydrogen) atoms. The van der Waals surface area contributed by atoms with E-state index in [4.69, 9.17) is 11.6 Å². The quantitative estimate of drug-likeness (QED) is 0.890. The van der Waals surface area contributed by atoms with Gasteiger partial charge in [0.2, 0.25) is 5.91 Å². The van der Waals surface area contributed by atoms with Crippen molar-refractivity contribution in [1.29, 1.82) is 0 Å². The molecule has 1 aromatic rings. The largest absolute Gasteiger partial charge is 0.351 e. The van der Waals surface area contributed by atoms with Gasteiger partial charge in [-0.1, -0.05) is 29.8 Å². The zero-order chi connectivity index (χ0) is 13.4. The number of hydrogen-bond acceptors (Lipinski definition) is 2. The summed E-state index contributed by atoms with van der Waals surface area (Å²) in [4.78, 5) is 11.9. The molecule has 1 heterocycles. The molecule has 1 saturated heterocycles. The molecule has 0 bridgehead atoms. The maximum absolute atomic E-state index is 13.0. The summed E-state index contributed by atoms with van der Waals surface area (Å²) in [5.74, 6) is 0.194. The van der Waals surface area contributed by atoms with Crippen LogP contribution in [0, 0.1) is 0 Å². The molecule has 0 spiro atoms. The van der Waals surface area contributed by atoms with E-state index in [0.717, 1.165) is 17.0 Å². The smallest absolute Gasteiger partial charge is 0.237 e. The van der Waals surface area contributed by atoms with Crippen molar-refractivity contribution in [2.24, 2.45) is 0 Å². The van der Waals surface area contributed by atoms with Crippen LogP contribution in [-0.2, 0) is 4.79 Å². The SMILES string of the molecule is O=C(N[C@H]1C[C@@H]1c1ccccc1Cl)C1CC(F)CN1. The summed E-state index contributed by atoms with van der Waals surface area (Å²) in [7, 11) is 0. The summed E-state index contributed by atoms with van der Waals surface area (Å²) in [5.41, 5.74) is 1.08. The molecule has 2 unspecified atom stereocenters. The minimum absolute atomic E-state index is 0.0975. The molecule has 2 aliphatic rings. The van der Waals surface area contributed by atoms with Gasteiger partial charge in [0.1, 0.15) is 6.17 Å². The average molecular weight is 283 g/mol. The van der Waals surface area contributed by atoms with Crippen LogP contribution in [0.5, 0.6) is 0 Å². The lowest BCUT2D eigenvalue weighted by Gasteiger charge is -2.11. The molecule has 102 valence electrons. The summed E-state index contributed by atoms with van der Waals surface area (Å²) >= 11 is 6.13. The number of rotatable bonds is 3. The van der Waals surface area contributed by atoms with E-state index in [0.29, 0.717) is 5.92 Å². The van der Waals surface area contributed by atoms with E-state index in [9.17, 15) is 9.18 Å². The Hall–Kier alpha value is -1.13. The summed E-state index contributed by atoms with van der Waals surface area (Å²) in [6.45, 7) is 0.274. The lowest BCUT2D eigenvalue weighted by molar-refractivity contribution is -0.123. The lowest BCUT2D eigenvalue weighted by Crippen LogP contribution is -2.41. The molecule has 4 atom stereocenters. The summed E-state index contributed by atoms with van der Waals surface area (Å²) in [5, 5.41) is 6.60. The second-order valence-corrected chi connectivity index (χ2v) is 5.68.